The fourth-order valence-corrected chi connectivity index (χ4v) is 1.78. The highest BCUT2D eigenvalue weighted by molar-refractivity contribution is 5.43. The van der Waals surface area contributed by atoms with E-state index in [2.05, 4.69) is 0 Å². The molecule has 0 heterocycles. The van der Waals surface area contributed by atoms with Crippen molar-refractivity contribution < 1.29 is 9.84 Å². The van der Waals surface area contributed by atoms with Gasteiger partial charge in [-0.2, -0.15) is 0 Å². The smallest absolute Gasteiger partial charge is 0.122 e. The number of methoxy groups -OCH3 is 1. The monoisotopic (exact) mass is 208 g/mol. The molecule has 0 aliphatic rings. The summed E-state index contributed by atoms with van der Waals surface area (Å²) in [5, 5.41) is 10.2. The average molecular weight is 208 g/mol. The van der Waals surface area contributed by atoms with Crippen molar-refractivity contribution in [3.63, 3.8) is 0 Å². The molecule has 1 atom stereocenters. The molecule has 0 aliphatic heterocycles. The Hall–Kier alpha value is -1.02. The first-order valence-electron chi connectivity index (χ1n) is 5.30. The molecular formula is C13H20O2. The van der Waals surface area contributed by atoms with E-state index in [9.17, 15) is 5.11 Å². The zero-order valence-electron chi connectivity index (χ0n) is 10.2. The minimum Gasteiger partial charge on any atom is -0.496 e. The van der Waals surface area contributed by atoms with E-state index in [0.717, 1.165) is 22.4 Å². The minimum absolute atomic E-state index is 0.708. The first-order valence-corrected chi connectivity index (χ1v) is 5.30. The Morgan fingerprint density at radius 3 is 2.33 bits per heavy atom. The third-order valence-corrected chi connectivity index (χ3v) is 3.01. The lowest BCUT2D eigenvalue weighted by Gasteiger charge is -2.25. The minimum atomic E-state index is -0.749. The highest BCUT2D eigenvalue weighted by atomic mass is 16.5. The molecule has 0 bridgehead atoms. The standard InChI is InChI=1S/C13H20O2/c1-6-13(4,14)11-7-10(3)12(15-5)8-9(11)2/h7-8,14H,6H2,1-5H3. The summed E-state index contributed by atoms with van der Waals surface area (Å²) in [6.45, 7) is 7.83. The van der Waals surface area contributed by atoms with Crippen molar-refractivity contribution in [3.8, 4) is 5.75 Å². The molecule has 0 aromatic heterocycles. The van der Waals surface area contributed by atoms with Crippen LogP contribution in [-0.4, -0.2) is 12.2 Å². The zero-order chi connectivity index (χ0) is 11.6. The van der Waals surface area contributed by atoms with Crippen molar-refractivity contribution in [2.45, 2.75) is 39.7 Å². The maximum atomic E-state index is 10.2. The van der Waals surface area contributed by atoms with Gasteiger partial charge in [-0.25, -0.2) is 0 Å². The van der Waals surface area contributed by atoms with Gasteiger partial charge < -0.3 is 9.84 Å². The Balaban J connectivity index is 3.28. The van der Waals surface area contributed by atoms with Gasteiger partial charge in [0.1, 0.15) is 5.75 Å². The van der Waals surface area contributed by atoms with Crippen LogP contribution >= 0.6 is 0 Å². The SMILES string of the molecule is CCC(C)(O)c1cc(C)c(OC)cc1C. The van der Waals surface area contributed by atoms with Gasteiger partial charge in [0.05, 0.1) is 12.7 Å². The molecule has 0 radical (unpaired) electrons. The van der Waals surface area contributed by atoms with Gasteiger partial charge in [0.15, 0.2) is 0 Å². The third-order valence-electron chi connectivity index (χ3n) is 3.01. The van der Waals surface area contributed by atoms with E-state index in [1.54, 1.807) is 7.11 Å². The predicted molar refractivity (Wildman–Crippen MR) is 62.3 cm³/mol. The second-order valence-electron chi connectivity index (χ2n) is 4.26. The normalized spacial score (nSPS) is 14.8. The number of hydrogen-bond donors (Lipinski definition) is 1. The van der Waals surface area contributed by atoms with Crippen molar-refractivity contribution >= 4 is 0 Å². The van der Waals surface area contributed by atoms with E-state index in [4.69, 9.17) is 4.74 Å². The summed E-state index contributed by atoms with van der Waals surface area (Å²) in [5.74, 6) is 0.878. The first-order chi connectivity index (χ1) is 6.92. The van der Waals surface area contributed by atoms with Crippen molar-refractivity contribution in [2.75, 3.05) is 7.11 Å². The van der Waals surface area contributed by atoms with Crippen LogP contribution in [0.1, 0.15) is 37.0 Å². The molecule has 84 valence electrons. The van der Waals surface area contributed by atoms with Crippen LogP contribution in [0.15, 0.2) is 12.1 Å². The fraction of sp³-hybridized carbons (Fsp3) is 0.538. The topological polar surface area (TPSA) is 29.5 Å². The number of benzene rings is 1. The second-order valence-corrected chi connectivity index (χ2v) is 4.26. The van der Waals surface area contributed by atoms with Gasteiger partial charge in [-0.1, -0.05) is 6.92 Å². The summed E-state index contributed by atoms with van der Waals surface area (Å²) in [4.78, 5) is 0. The molecule has 2 nitrogen and oxygen atoms in total. The van der Waals surface area contributed by atoms with Gasteiger partial charge in [-0.15, -0.1) is 0 Å². The van der Waals surface area contributed by atoms with Crippen molar-refractivity contribution in [1.29, 1.82) is 0 Å². The van der Waals surface area contributed by atoms with Crippen molar-refractivity contribution in [2.24, 2.45) is 0 Å². The predicted octanol–water partition coefficient (Wildman–Crippen LogP) is 2.93. The Morgan fingerprint density at radius 2 is 1.87 bits per heavy atom. The molecule has 0 saturated heterocycles. The molecule has 0 saturated carbocycles. The quantitative estimate of drug-likeness (QED) is 0.827. The van der Waals surface area contributed by atoms with Crippen LogP contribution < -0.4 is 4.74 Å². The number of aliphatic hydroxyl groups is 1. The first kappa shape index (κ1) is 12.1. The van der Waals surface area contributed by atoms with Gasteiger partial charge in [-0.3, -0.25) is 0 Å². The van der Waals surface area contributed by atoms with Gasteiger partial charge in [0, 0.05) is 0 Å². The van der Waals surface area contributed by atoms with E-state index in [1.807, 2.05) is 39.8 Å². The molecule has 0 aliphatic carbocycles. The summed E-state index contributed by atoms with van der Waals surface area (Å²) in [6, 6.07) is 3.99. The second kappa shape index (κ2) is 4.23. The van der Waals surface area contributed by atoms with Crippen LogP contribution in [0, 0.1) is 13.8 Å². The summed E-state index contributed by atoms with van der Waals surface area (Å²) in [6.07, 6.45) is 0.708. The highest BCUT2D eigenvalue weighted by Crippen LogP contribution is 2.31. The lowest BCUT2D eigenvalue weighted by Crippen LogP contribution is -2.21. The Bertz CT molecular complexity index is 354. The molecule has 1 aromatic carbocycles. The van der Waals surface area contributed by atoms with E-state index in [-0.39, 0.29) is 0 Å². The zero-order valence-corrected chi connectivity index (χ0v) is 10.2. The number of rotatable bonds is 3. The van der Waals surface area contributed by atoms with Crippen LogP contribution in [0.2, 0.25) is 0 Å². The van der Waals surface area contributed by atoms with Crippen LogP contribution in [-0.2, 0) is 5.60 Å². The van der Waals surface area contributed by atoms with Crippen molar-refractivity contribution in [3.05, 3.63) is 28.8 Å². The summed E-state index contributed by atoms with van der Waals surface area (Å²) in [7, 11) is 1.67. The Morgan fingerprint density at radius 1 is 1.27 bits per heavy atom. The van der Waals surface area contributed by atoms with E-state index in [0.29, 0.717) is 6.42 Å². The lowest BCUT2D eigenvalue weighted by atomic mass is 9.88. The van der Waals surface area contributed by atoms with E-state index in [1.165, 1.54) is 0 Å². The fourth-order valence-electron chi connectivity index (χ4n) is 1.78. The molecule has 1 rings (SSSR count). The largest absolute Gasteiger partial charge is 0.496 e. The van der Waals surface area contributed by atoms with Crippen molar-refractivity contribution in [1.82, 2.24) is 0 Å². The van der Waals surface area contributed by atoms with E-state index >= 15 is 0 Å². The molecule has 1 aromatic rings. The van der Waals surface area contributed by atoms with Crippen LogP contribution in [0.25, 0.3) is 0 Å². The average Bonchev–Trinajstić information content (AvgIpc) is 2.20. The van der Waals surface area contributed by atoms with E-state index < -0.39 is 5.60 Å². The third kappa shape index (κ3) is 2.32. The van der Waals surface area contributed by atoms with Gasteiger partial charge >= 0.3 is 0 Å². The Labute approximate surface area is 91.9 Å². The van der Waals surface area contributed by atoms with Crippen LogP contribution in [0.4, 0.5) is 0 Å². The van der Waals surface area contributed by atoms with Gasteiger partial charge in [0.25, 0.3) is 0 Å². The van der Waals surface area contributed by atoms with Crippen LogP contribution in [0.3, 0.4) is 0 Å². The molecule has 1 N–H and O–H groups in total. The maximum Gasteiger partial charge on any atom is 0.122 e. The molecule has 0 amide bonds. The van der Waals surface area contributed by atoms with Crippen LogP contribution in [0.5, 0.6) is 5.75 Å². The molecular weight excluding hydrogens is 188 g/mol. The number of hydrogen-bond acceptors (Lipinski definition) is 2. The summed E-state index contributed by atoms with van der Waals surface area (Å²) < 4.78 is 5.25. The molecule has 0 fully saturated rings. The summed E-state index contributed by atoms with van der Waals surface area (Å²) in [5.41, 5.74) is 2.38. The molecule has 15 heavy (non-hydrogen) atoms. The molecule has 0 spiro atoms. The highest BCUT2D eigenvalue weighted by Gasteiger charge is 2.23. The lowest BCUT2D eigenvalue weighted by molar-refractivity contribution is 0.0523. The molecule has 2 heteroatoms. The summed E-state index contributed by atoms with van der Waals surface area (Å²) >= 11 is 0. The maximum absolute atomic E-state index is 10.2. The van der Waals surface area contributed by atoms with Gasteiger partial charge in [0.2, 0.25) is 0 Å². The Kier molecular flexibility index (Phi) is 3.40. The number of aryl methyl sites for hydroxylation is 2. The number of ether oxygens (including phenoxy) is 1. The molecule has 1 unspecified atom stereocenters. The van der Waals surface area contributed by atoms with Gasteiger partial charge in [-0.05, 0) is 56.0 Å².